The molecule has 0 heterocycles. The molecule has 1 N–H and O–H groups in total. The summed E-state index contributed by atoms with van der Waals surface area (Å²) < 4.78 is 12.0. The number of ether oxygens (including phenoxy) is 2. The fourth-order valence-corrected chi connectivity index (χ4v) is 3.99. The highest BCUT2D eigenvalue weighted by atomic mass is 79.9. The Hall–Kier alpha value is -2.25. The highest BCUT2D eigenvalue weighted by Gasteiger charge is 2.13. The average Bonchev–Trinajstić information content (AvgIpc) is 2.74. The minimum Gasteiger partial charge on any atom is -0.493 e. The van der Waals surface area contributed by atoms with Crippen molar-refractivity contribution >= 4 is 62.9 Å². The molecule has 0 unspecified atom stereocenters. The van der Waals surface area contributed by atoms with Gasteiger partial charge in [0, 0.05) is 0 Å². The molecule has 0 saturated heterocycles. The number of hydrazone groups is 1. The summed E-state index contributed by atoms with van der Waals surface area (Å²) in [5.74, 6) is 0.610. The number of methoxy groups -OCH3 is 1. The Bertz CT molecular complexity index is 1190. The smallest absolute Gasteiger partial charge is 0.272 e. The number of nitrogens with one attached hydrogen (secondary N) is 1. The van der Waals surface area contributed by atoms with Crippen LogP contribution in [0.15, 0.2) is 58.1 Å². The summed E-state index contributed by atoms with van der Waals surface area (Å²) in [4.78, 5) is 12.3. The summed E-state index contributed by atoms with van der Waals surface area (Å²) in [7, 11) is 1.54. The number of aryl methyl sites for hydroxylation is 1. The third kappa shape index (κ3) is 6.17. The number of benzene rings is 3. The standard InChI is InChI=1S/C23H18BrCl3N2O3/c1-13-3-5-16(19(26)7-13)23(30)29-28-11-15-8-17(24)22(21(10-15)31-2)32-12-14-4-6-18(25)20(27)9-14/h3-11H,12H2,1-2H3,(H,29,30)/b28-11-. The number of rotatable bonds is 7. The zero-order valence-electron chi connectivity index (χ0n) is 17.1. The normalized spacial score (nSPS) is 10.9. The highest BCUT2D eigenvalue weighted by molar-refractivity contribution is 9.10. The number of carbonyl (C=O) groups is 1. The number of hydrogen-bond acceptors (Lipinski definition) is 4. The summed E-state index contributed by atoms with van der Waals surface area (Å²) in [6, 6.07) is 14.0. The molecule has 0 aliphatic heterocycles. The molecule has 9 heteroatoms. The molecular weight excluding hydrogens is 539 g/mol. The maximum Gasteiger partial charge on any atom is 0.272 e. The van der Waals surface area contributed by atoms with Crippen molar-refractivity contribution in [3.8, 4) is 11.5 Å². The number of amides is 1. The van der Waals surface area contributed by atoms with Gasteiger partial charge in [0.2, 0.25) is 0 Å². The van der Waals surface area contributed by atoms with E-state index in [9.17, 15) is 4.79 Å². The molecule has 0 spiro atoms. The van der Waals surface area contributed by atoms with Crippen LogP contribution in [0.3, 0.4) is 0 Å². The zero-order valence-corrected chi connectivity index (χ0v) is 20.9. The van der Waals surface area contributed by atoms with Gasteiger partial charge in [0.05, 0.1) is 38.4 Å². The van der Waals surface area contributed by atoms with Gasteiger partial charge in [-0.2, -0.15) is 5.10 Å². The van der Waals surface area contributed by atoms with Crippen LogP contribution in [0.4, 0.5) is 0 Å². The van der Waals surface area contributed by atoms with Crippen molar-refractivity contribution in [2.75, 3.05) is 7.11 Å². The molecular formula is C23H18BrCl3N2O3. The Labute approximate surface area is 209 Å². The number of nitrogens with zero attached hydrogens (tertiary/aromatic N) is 1. The van der Waals surface area contributed by atoms with Crippen molar-refractivity contribution in [1.82, 2.24) is 5.43 Å². The molecule has 0 saturated carbocycles. The maximum atomic E-state index is 12.3. The van der Waals surface area contributed by atoms with Gasteiger partial charge in [-0.15, -0.1) is 0 Å². The second kappa shape index (κ2) is 11.1. The van der Waals surface area contributed by atoms with Gasteiger partial charge in [-0.05, 0) is 75.9 Å². The van der Waals surface area contributed by atoms with Crippen molar-refractivity contribution < 1.29 is 14.3 Å². The molecule has 0 radical (unpaired) electrons. The molecule has 0 fully saturated rings. The van der Waals surface area contributed by atoms with Crippen LogP contribution in [-0.2, 0) is 6.61 Å². The molecule has 3 aromatic rings. The SMILES string of the molecule is COc1cc(/C=N\NC(=O)c2ccc(C)cc2Cl)cc(Br)c1OCc1ccc(Cl)c(Cl)c1. The summed E-state index contributed by atoms with van der Waals surface area (Å²) in [5.41, 5.74) is 5.33. The Balaban J connectivity index is 1.71. The van der Waals surface area contributed by atoms with E-state index in [4.69, 9.17) is 44.3 Å². The molecule has 3 aromatic carbocycles. The zero-order chi connectivity index (χ0) is 23.3. The van der Waals surface area contributed by atoms with Crippen LogP contribution in [0.25, 0.3) is 0 Å². The Morgan fingerprint density at radius 3 is 2.53 bits per heavy atom. The Morgan fingerprint density at radius 2 is 1.84 bits per heavy atom. The van der Waals surface area contributed by atoms with Gasteiger partial charge in [0.1, 0.15) is 6.61 Å². The largest absolute Gasteiger partial charge is 0.493 e. The van der Waals surface area contributed by atoms with Crippen LogP contribution < -0.4 is 14.9 Å². The minimum atomic E-state index is -0.404. The van der Waals surface area contributed by atoms with Gasteiger partial charge >= 0.3 is 0 Å². The van der Waals surface area contributed by atoms with E-state index in [0.29, 0.717) is 42.2 Å². The monoisotopic (exact) mass is 554 g/mol. The minimum absolute atomic E-state index is 0.270. The summed E-state index contributed by atoms with van der Waals surface area (Å²) in [6.45, 7) is 2.17. The number of carbonyl (C=O) groups excluding carboxylic acids is 1. The Kier molecular flexibility index (Phi) is 8.43. The summed E-state index contributed by atoms with van der Waals surface area (Å²) in [5, 5.41) is 5.32. The van der Waals surface area contributed by atoms with Crippen molar-refractivity contribution in [3.05, 3.63) is 90.3 Å². The Morgan fingerprint density at radius 1 is 1.06 bits per heavy atom. The molecule has 32 heavy (non-hydrogen) atoms. The fourth-order valence-electron chi connectivity index (χ4n) is 2.77. The topological polar surface area (TPSA) is 59.9 Å². The first-order chi connectivity index (χ1) is 15.3. The van der Waals surface area contributed by atoms with E-state index in [1.807, 2.05) is 19.1 Å². The highest BCUT2D eigenvalue weighted by Crippen LogP contribution is 2.37. The number of hydrogen-bond donors (Lipinski definition) is 1. The first kappa shape index (κ1) is 24.4. The van der Waals surface area contributed by atoms with Gasteiger partial charge in [-0.25, -0.2) is 5.43 Å². The first-order valence-corrected chi connectivity index (χ1v) is 11.2. The third-order valence-corrected chi connectivity index (χ3v) is 6.01. The first-order valence-electron chi connectivity index (χ1n) is 9.32. The van der Waals surface area contributed by atoms with Crippen LogP contribution in [0.5, 0.6) is 11.5 Å². The molecule has 0 aliphatic carbocycles. The van der Waals surface area contributed by atoms with Crippen molar-refractivity contribution in [2.45, 2.75) is 13.5 Å². The van der Waals surface area contributed by atoms with E-state index in [0.717, 1.165) is 11.1 Å². The van der Waals surface area contributed by atoms with Crippen LogP contribution in [0.1, 0.15) is 27.0 Å². The van der Waals surface area contributed by atoms with Crippen LogP contribution >= 0.6 is 50.7 Å². The molecule has 1 amide bonds. The van der Waals surface area contributed by atoms with E-state index in [-0.39, 0.29) is 6.61 Å². The predicted molar refractivity (Wildman–Crippen MR) is 133 cm³/mol. The van der Waals surface area contributed by atoms with Gasteiger partial charge in [-0.1, -0.05) is 46.9 Å². The molecule has 0 atom stereocenters. The quantitative estimate of drug-likeness (QED) is 0.250. The molecule has 166 valence electrons. The molecule has 0 aromatic heterocycles. The molecule has 0 bridgehead atoms. The van der Waals surface area contributed by atoms with E-state index in [2.05, 4.69) is 26.5 Å². The van der Waals surface area contributed by atoms with Crippen LogP contribution in [-0.4, -0.2) is 19.2 Å². The number of halogens is 4. The van der Waals surface area contributed by atoms with Crippen LogP contribution in [0, 0.1) is 6.92 Å². The van der Waals surface area contributed by atoms with Crippen molar-refractivity contribution in [2.24, 2.45) is 5.10 Å². The lowest BCUT2D eigenvalue weighted by atomic mass is 10.1. The van der Waals surface area contributed by atoms with E-state index in [1.54, 1.807) is 36.4 Å². The van der Waals surface area contributed by atoms with E-state index < -0.39 is 5.91 Å². The van der Waals surface area contributed by atoms with E-state index >= 15 is 0 Å². The van der Waals surface area contributed by atoms with Gasteiger partial charge < -0.3 is 9.47 Å². The summed E-state index contributed by atoms with van der Waals surface area (Å²) in [6.07, 6.45) is 1.50. The fraction of sp³-hybridized carbons (Fsp3) is 0.130. The molecule has 3 rings (SSSR count). The molecule has 0 aliphatic rings. The predicted octanol–water partition coefficient (Wildman–Crippen LogP) is 7.07. The maximum absolute atomic E-state index is 12.3. The lowest BCUT2D eigenvalue weighted by molar-refractivity contribution is 0.0955. The third-order valence-electron chi connectivity index (χ3n) is 4.37. The molecule has 5 nitrogen and oxygen atoms in total. The van der Waals surface area contributed by atoms with E-state index in [1.165, 1.54) is 13.3 Å². The lowest BCUT2D eigenvalue weighted by Gasteiger charge is -2.14. The van der Waals surface area contributed by atoms with Crippen molar-refractivity contribution in [3.63, 3.8) is 0 Å². The van der Waals surface area contributed by atoms with Gasteiger partial charge in [-0.3, -0.25) is 4.79 Å². The second-order valence-electron chi connectivity index (χ2n) is 6.75. The average molecular weight is 557 g/mol. The van der Waals surface area contributed by atoms with Gasteiger partial charge in [0.25, 0.3) is 5.91 Å². The lowest BCUT2D eigenvalue weighted by Crippen LogP contribution is -2.18. The summed E-state index contributed by atoms with van der Waals surface area (Å²) >= 11 is 21.6. The van der Waals surface area contributed by atoms with Crippen molar-refractivity contribution in [1.29, 1.82) is 0 Å². The van der Waals surface area contributed by atoms with Gasteiger partial charge in [0.15, 0.2) is 11.5 Å². The second-order valence-corrected chi connectivity index (χ2v) is 8.83. The van der Waals surface area contributed by atoms with Crippen LogP contribution in [0.2, 0.25) is 15.1 Å².